The van der Waals surface area contributed by atoms with Crippen molar-refractivity contribution in [2.75, 3.05) is 26.2 Å². The molecular weight excluding hydrogens is 276 g/mol. The number of thiophene rings is 1. The molecule has 1 fully saturated rings. The molecule has 2 heterocycles. The lowest BCUT2D eigenvalue weighted by molar-refractivity contribution is 0.164. The van der Waals surface area contributed by atoms with Gasteiger partial charge in [-0.2, -0.15) is 0 Å². The average Bonchev–Trinajstić information content (AvgIpc) is 2.96. The zero-order valence-electron chi connectivity index (χ0n) is 13.0. The van der Waals surface area contributed by atoms with Crippen LogP contribution >= 0.6 is 11.3 Å². The van der Waals surface area contributed by atoms with Gasteiger partial charge in [0.05, 0.1) is 0 Å². The maximum absolute atomic E-state index is 3.48. The highest BCUT2D eigenvalue weighted by Gasteiger charge is 2.23. The molecule has 1 aliphatic rings. The summed E-state index contributed by atoms with van der Waals surface area (Å²) < 4.78 is 1.43. The van der Waals surface area contributed by atoms with Crippen molar-refractivity contribution in [3.05, 3.63) is 35.2 Å². The molecule has 0 amide bonds. The van der Waals surface area contributed by atoms with Gasteiger partial charge in [-0.15, -0.1) is 11.3 Å². The van der Waals surface area contributed by atoms with Crippen LogP contribution in [0, 0.1) is 0 Å². The first-order chi connectivity index (χ1) is 10.4. The molecular formula is C18H26N2S. The standard InChI is InChI=1S/C18H26N2S/c1-2-3-4-8-17(20-12-10-19-11-13-20)16-14-21-18-9-6-5-7-15(16)18/h5-7,9,14,17,19H,2-4,8,10-13H2,1H3/t17-/m1/s1. The number of hydrogen-bond acceptors (Lipinski definition) is 3. The number of hydrogen-bond donors (Lipinski definition) is 1. The molecule has 0 radical (unpaired) electrons. The Bertz CT molecular complexity index is 557. The van der Waals surface area contributed by atoms with Gasteiger partial charge in [0, 0.05) is 36.9 Å². The Balaban J connectivity index is 1.85. The third-order valence-electron chi connectivity index (χ3n) is 4.54. The van der Waals surface area contributed by atoms with E-state index >= 15 is 0 Å². The molecule has 0 bridgehead atoms. The summed E-state index contributed by atoms with van der Waals surface area (Å²) in [4.78, 5) is 2.70. The van der Waals surface area contributed by atoms with Crippen LogP contribution in [0.5, 0.6) is 0 Å². The molecule has 2 nitrogen and oxygen atoms in total. The van der Waals surface area contributed by atoms with Crippen molar-refractivity contribution >= 4 is 21.4 Å². The quantitative estimate of drug-likeness (QED) is 0.794. The minimum atomic E-state index is 0.606. The number of nitrogens with one attached hydrogen (secondary N) is 1. The largest absolute Gasteiger partial charge is 0.314 e. The zero-order valence-corrected chi connectivity index (χ0v) is 13.8. The molecule has 1 aromatic carbocycles. The zero-order chi connectivity index (χ0) is 14.5. The second-order valence-corrected chi connectivity index (χ2v) is 6.90. The molecule has 0 spiro atoms. The minimum absolute atomic E-state index is 0.606. The van der Waals surface area contributed by atoms with Crippen molar-refractivity contribution in [3.63, 3.8) is 0 Å². The first kappa shape index (κ1) is 15.0. The van der Waals surface area contributed by atoms with Crippen molar-refractivity contribution < 1.29 is 0 Å². The fourth-order valence-electron chi connectivity index (χ4n) is 3.37. The number of nitrogens with zero attached hydrogens (tertiary/aromatic N) is 1. The van der Waals surface area contributed by atoms with Gasteiger partial charge in [0.15, 0.2) is 0 Å². The predicted octanol–water partition coefficient (Wildman–Crippen LogP) is 4.43. The molecule has 3 rings (SSSR count). The van der Waals surface area contributed by atoms with Gasteiger partial charge in [-0.3, -0.25) is 4.90 Å². The molecule has 0 aliphatic carbocycles. The van der Waals surface area contributed by atoms with Crippen LogP contribution in [0.1, 0.15) is 44.2 Å². The second kappa shape index (κ2) is 7.39. The number of piperazine rings is 1. The molecule has 21 heavy (non-hydrogen) atoms. The number of benzene rings is 1. The molecule has 2 aromatic rings. The summed E-state index contributed by atoms with van der Waals surface area (Å²) in [5.74, 6) is 0. The van der Waals surface area contributed by atoms with Crippen LogP contribution in [0.3, 0.4) is 0 Å². The first-order valence-corrected chi connectivity index (χ1v) is 9.19. The van der Waals surface area contributed by atoms with Crippen molar-refractivity contribution in [2.24, 2.45) is 0 Å². The SMILES string of the molecule is CCCCC[C@H](c1csc2ccccc12)N1CCNCC1. The van der Waals surface area contributed by atoms with Crippen LogP contribution < -0.4 is 5.32 Å². The first-order valence-electron chi connectivity index (χ1n) is 8.31. The third kappa shape index (κ3) is 3.47. The summed E-state index contributed by atoms with van der Waals surface area (Å²) in [5.41, 5.74) is 1.56. The van der Waals surface area contributed by atoms with E-state index in [-0.39, 0.29) is 0 Å². The second-order valence-electron chi connectivity index (χ2n) is 5.98. The van der Waals surface area contributed by atoms with Crippen molar-refractivity contribution in [1.29, 1.82) is 0 Å². The Hall–Kier alpha value is -0.900. The van der Waals surface area contributed by atoms with Crippen LogP contribution in [0.2, 0.25) is 0 Å². The van der Waals surface area contributed by atoms with E-state index in [1.807, 2.05) is 11.3 Å². The summed E-state index contributed by atoms with van der Waals surface area (Å²) in [6.07, 6.45) is 5.30. The van der Waals surface area contributed by atoms with Crippen LogP contribution in [0.4, 0.5) is 0 Å². The van der Waals surface area contributed by atoms with Gasteiger partial charge in [0.1, 0.15) is 0 Å². The summed E-state index contributed by atoms with van der Waals surface area (Å²) in [7, 11) is 0. The van der Waals surface area contributed by atoms with Gasteiger partial charge in [0.25, 0.3) is 0 Å². The third-order valence-corrected chi connectivity index (χ3v) is 5.53. The lowest BCUT2D eigenvalue weighted by atomic mass is 9.97. The van der Waals surface area contributed by atoms with Crippen molar-refractivity contribution in [1.82, 2.24) is 10.2 Å². The maximum atomic E-state index is 3.48. The van der Waals surface area contributed by atoms with Crippen LogP contribution in [-0.2, 0) is 0 Å². The van der Waals surface area contributed by atoms with E-state index in [9.17, 15) is 0 Å². The van der Waals surface area contributed by atoms with Gasteiger partial charge in [-0.25, -0.2) is 0 Å². The average molecular weight is 302 g/mol. The maximum Gasteiger partial charge on any atom is 0.0363 e. The Morgan fingerprint density at radius 2 is 2.00 bits per heavy atom. The van der Waals surface area contributed by atoms with Crippen molar-refractivity contribution in [3.8, 4) is 0 Å². The fraction of sp³-hybridized carbons (Fsp3) is 0.556. The summed E-state index contributed by atoms with van der Waals surface area (Å²) >= 11 is 1.90. The molecule has 1 aliphatic heterocycles. The summed E-state index contributed by atoms with van der Waals surface area (Å²) in [5, 5.41) is 7.36. The Morgan fingerprint density at radius 1 is 1.19 bits per heavy atom. The highest BCUT2D eigenvalue weighted by Crippen LogP contribution is 2.36. The van der Waals surface area contributed by atoms with Crippen molar-refractivity contribution in [2.45, 2.75) is 38.6 Å². The lowest BCUT2D eigenvalue weighted by Crippen LogP contribution is -2.45. The van der Waals surface area contributed by atoms with Crippen LogP contribution in [0.15, 0.2) is 29.6 Å². The minimum Gasteiger partial charge on any atom is -0.314 e. The topological polar surface area (TPSA) is 15.3 Å². The van der Waals surface area contributed by atoms with Gasteiger partial charge >= 0.3 is 0 Å². The van der Waals surface area contributed by atoms with E-state index in [1.54, 1.807) is 5.56 Å². The Labute approximate surface area is 132 Å². The van der Waals surface area contributed by atoms with E-state index in [2.05, 4.69) is 46.8 Å². The monoisotopic (exact) mass is 302 g/mol. The van der Waals surface area contributed by atoms with E-state index < -0.39 is 0 Å². The lowest BCUT2D eigenvalue weighted by Gasteiger charge is -2.35. The summed E-state index contributed by atoms with van der Waals surface area (Å²) in [6.45, 7) is 6.92. The predicted molar refractivity (Wildman–Crippen MR) is 93.2 cm³/mol. The highest BCUT2D eigenvalue weighted by atomic mass is 32.1. The number of rotatable bonds is 6. The molecule has 114 valence electrons. The van der Waals surface area contributed by atoms with E-state index in [4.69, 9.17) is 0 Å². The number of unbranched alkanes of at least 4 members (excludes halogenated alkanes) is 2. The molecule has 1 atom stereocenters. The fourth-order valence-corrected chi connectivity index (χ4v) is 4.38. The smallest absolute Gasteiger partial charge is 0.0363 e. The Morgan fingerprint density at radius 3 is 2.81 bits per heavy atom. The number of fused-ring (bicyclic) bond motifs is 1. The van der Waals surface area contributed by atoms with Gasteiger partial charge < -0.3 is 5.32 Å². The Kier molecular flexibility index (Phi) is 5.28. The molecule has 3 heteroatoms. The summed E-state index contributed by atoms with van der Waals surface area (Å²) in [6, 6.07) is 9.49. The molecule has 1 N–H and O–H groups in total. The van der Waals surface area contributed by atoms with Gasteiger partial charge in [0.2, 0.25) is 0 Å². The normalized spacial score (nSPS) is 18.1. The van der Waals surface area contributed by atoms with E-state index in [0.29, 0.717) is 6.04 Å². The highest BCUT2D eigenvalue weighted by molar-refractivity contribution is 7.17. The van der Waals surface area contributed by atoms with Crippen LogP contribution in [0.25, 0.3) is 10.1 Å². The van der Waals surface area contributed by atoms with E-state index in [1.165, 1.54) is 48.9 Å². The van der Waals surface area contributed by atoms with Gasteiger partial charge in [-0.1, -0.05) is 44.4 Å². The van der Waals surface area contributed by atoms with Crippen LogP contribution in [-0.4, -0.2) is 31.1 Å². The molecule has 0 saturated carbocycles. The molecule has 1 saturated heterocycles. The molecule has 1 aromatic heterocycles. The van der Waals surface area contributed by atoms with Gasteiger partial charge in [-0.05, 0) is 28.8 Å². The van der Waals surface area contributed by atoms with E-state index in [0.717, 1.165) is 13.1 Å². The molecule has 0 unspecified atom stereocenters.